The molecule has 21 heavy (non-hydrogen) atoms. The van der Waals surface area contributed by atoms with Crippen LogP contribution in [0.25, 0.3) is 0 Å². The molecular weight excluding hydrogens is 326 g/mol. The first-order chi connectivity index (χ1) is 9.84. The molecule has 0 aromatic heterocycles. The van der Waals surface area contributed by atoms with Gasteiger partial charge in [-0.2, -0.15) is 0 Å². The summed E-state index contributed by atoms with van der Waals surface area (Å²) in [6.45, 7) is 3.13. The first kappa shape index (κ1) is 16.8. The van der Waals surface area contributed by atoms with Crippen LogP contribution in [0.15, 0.2) is 22.7 Å². The van der Waals surface area contributed by atoms with E-state index >= 15 is 0 Å². The number of nitrogens with zero attached hydrogens (tertiary/aromatic N) is 2. The summed E-state index contributed by atoms with van der Waals surface area (Å²) in [4.78, 5) is 4.77. The monoisotopic (exact) mass is 353 g/mol. The molecule has 1 unspecified atom stereocenters. The van der Waals surface area contributed by atoms with Crippen molar-refractivity contribution in [1.82, 2.24) is 4.90 Å². The maximum absolute atomic E-state index is 5.90. The largest absolute Gasteiger partial charge is 0.373 e. The summed E-state index contributed by atoms with van der Waals surface area (Å²) in [5.74, 6) is 0. The van der Waals surface area contributed by atoms with Gasteiger partial charge < -0.3 is 15.5 Å². The van der Waals surface area contributed by atoms with Gasteiger partial charge in [0.05, 0.1) is 0 Å². The lowest BCUT2D eigenvalue weighted by Crippen LogP contribution is -2.56. The minimum absolute atomic E-state index is 0.192. The zero-order chi connectivity index (χ0) is 15.6. The Kier molecular flexibility index (Phi) is 5.33. The molecule has 3 nitrogen and oxygen atoms in total. The van der Waals surface area contributed by atoms with Crippen molar-refractivity contribution in [3.8, 4) is 0 Å². The maximum Gasteiger partial charge on any atom is 0.0378 e. The highest BCUT2D eigenvalue weighted by molar-refractivity contribution is 9.10. The number of nitrogens with two attached hydrogens (primary N) is 1. The van der Waals surface area contributed by atoms with Crippen LogP contribution in [-0.4, -0.2) is 44.2 Å². The van der Waals surface area contributed by atoms with Gasteiger partial charge in [-0.05, 0) is 64.4 Å². The Balaban J connectivity index is 2.09. The lowest BCUT2D eigenvalue weighted by atomic mass is 9.75. The lowest BCUT2D eigenvalue weighted by Gasteiger charge is -2.49. The van der Waals surface area contributed by atoms with Crippen LogP contribution >= 0.6 is 15.9 Å². The normalized spacial score (nSPS) is 18.4. The van der Waals surface area contributed by atoms with Crippen molar-refractivity contribution in [2.45, 2.75) is 44.2 Å². The van der Waals surface area contributed by atoms with Crippen LogP contribution in [0.1, 0.15) is 31.7 Å². The third kappa shape index (κ3) is 3.79. The Labute approximate surface area is 137 Å². The van der Waals surface area contributed by atoms with Gasteiger partial charge in [0.15, 0.2) is 0 Å². The fourth-order valence-corrected chi connectivity index (χ4v) is 3.68. The SMILES string of the molecule is CC(N)Cc1ccc(N(C)CC2(N(C)C)CCC2)cc1Br. The van der Waals surface area contributed by atoms with Crippen molar-refractivity contribution in [1.29, 1.82) is 0 Å². The van der Waals surface area contributed by atoms with E-state index in [0.717, 1.165) is 17.4 Å². The van der Waals surface area contributed by atoms with Crippen LogP contribution in [0.2, 0.25) is 0 Å². The van der Waals surface area contributed by atoms with Crippen molar-refractivity contribution in [2.75, 3.05) is 32.6 Å². The summed E-state index contributed by atoms with van der Waals surface area (Å²) in [7, 11) is 6.60. The van der Waals surface area contributed by atoms with E-state index in [9.17, 15) is 0 Å². The molecule has 4 heteroatoms. The maximum atomic E-state index is 5.90. The minimum atomic E-state index is 0.192. The molecule has 1 atom stereocenters. The summed E-state index contributed by atoms with van der Waals surface area (Å²) < 4.78 is 1.16. The molecule has 0 heterocycles. The number of hydrogen-bond acceptors (Lipinski definition) is 3. The quantitative estimate of drug-likeness (QED) is 0.851. The highest BCUT2D eigenvalue weighted by Gasteiger charge is 2.39. The molecule has 1 aliphatic carbocycles. The van der Waals surface area contributed by atoms with Crippen molar-refractivity contribution < 1.29 is 0 Å². The molecule has 118 valence electrons. The van der Waals surface area contributed by atoms with E-state index in [2.05, 4.69) is 65.1 Å². The van der Waals surface area contributed by atoms with Gasteiger partial charge in [-0.3, -0.25) is 0 Å². The van der Waals surface area contributed by atoms with E-state index in [1.807, 2.05) is 6.92 Å². The Morgan fingerprint density at radius 3 is 2.38 bits per heavy atom. The van der Waals surface area contributed by atoms with E-state index in [-0.39, 0.29) is 6.04 Å². The van der Waals surface area contributed by atoms with Crippen LogP contribution in [0.5, 0.6) is 0 Å². The van der Waals surface area contributed by atoms with Gasteiger partial charge in [-0.25, -0.2) is 0 Å². The number of halogens is 1. The first-order valence-electron chi connectivity index (χ1n) is 7.77. The molecule has 0 spiro atoms. The molecular formula is C17H28BrN3. The lowest BCUT2D eigenvalue weighted by molar-refractivity contribution is 0.0683. The molecule has 2 N–H and O–H groups in total. The predicted octanol–water partition coefficient (Wildman–Crippen LogP) is 3.26. The van der Waals surface area contributed by atoms with Gasteiger partial charge in [0.25, 0.3) is 0 Å². The van der Waals surface area contributed by atoms with Crippen molar-refractivity contribution in [3.05, 3.63) is 28.2 Å². The number of rotatable bonds is 6. The number of benzene rings is 1. The predicted molar refractivity (Wildman–Crippen MR) is 95.0 cm³/mol. The fourth-order valence-electron chi connectivity index (χ4n) is 3.15. The summed E-state index contributed by atoms with van der Waals surface area (Å²) in [6, 6.07) is 6.82. The van der Waals surface area contributed by atoms with Gasteiger partial charge in [-0.1, -0.05) is 22.0 Å². The van der Waals surface area contributed by atoms with E-state index < -0.39 is 0 Å². The first-order valence-corrected chi connectivity index (χ1v) is 8.56. The molecule has 2 rings (SSSR count). The summed E-state index contributed by atoms with van der Waals surface area (Å²) in [6.07, 6.45) is 4.86. The average Bonchev–Trinajstić information content (AvgIpc) is 2.35. The van der Waals surface area contributed by atoms with Crippen LogP contribution < -0.4 is 10.6 Å². The van der Waals surface area contributed by atoms with Gasteiger partial charge in [-0.15, -0.1) is 0 Å². The smallest absolute Gasteiger partial charge is 0.0378 e. The van der Waals surface area contributed by atoms with E-state index in [4.69, 9.17) is 5.73 Å². The zero-order valence-electron chi connectivity index (χ0n) is 13.7. The average molecular weight is 354 g/mol. The molecule has 0 aliphatic heterocycles. The topological polar surface area (TPSA) is 32.5 Å². The van der Waals surface area contributed by atoms with Gasteiger partial charge in [0, 0.05) is 35.3 Å². The van der Waals surface area contributed by atoms with Crippen LogP contribution in [0, 0.1) is 0 Å². The number of anilines is 1. The minimum Gasteiger partial charge on any atom is -0.373 e. The van der Waals surface area contributed by atoms with E-state index in [0.29, 0.717) is 5.54 Å². The number of hydrogen-bond donors (Lipinski definition) is 1. The van der Waals surface area contributed by atoms with E-state index in [1.54, 1.807) is 0 Å². The summed E-state index contributed by atoms with van der Waals surface area (Å²) in [5, 5.41) is 0. The molecule has 1 saturated carbocycles. The second kappa shape index (κ2) is 6.67. The zero-order valence-corrected chi connectivity index (χ0v) is 15.3. The van der Waals surface area contributed by atoms with Crippen molar-refractivity contribution in [2.24, 2.45) is 5.73 Å². The van der Waals surface area contributed by atoms with Gasteiger partial charge >= 0.3 is 0 Å². The molecule has 0 saturated heterocycles. The Hall–Kier alpha value is -0.580. The van der Waals surface area contributed by atoms with E-state index in [1.165, 1.54) is 30.5 Å². The highest BCUT2D eigenvalue weighted by Crippen LogP contribution is 2.37. The second-order valence-electron chi connectivity index (χ2n) is 6.79. The summed E-state index contributed by atoms with van der Waals surface area (Å²) in [5.41, 5.74) is 8.80. The van der Waals surface area contributed by atoms with Gasteiger partial charge in [0.2, 0.25) is 0 Å². The van der Waals surface area contributed by atoms with Crippen molar-refractivity contribution >= 4 is 21.6 Å². The molecule has 1 aromatic carbocycles. The molecule has 0 radical (unpaired) electrons. The Morgan fingerprint density at radius 1 is 1.29 bits per heavy atom. The third-order valence-electron chi connectivity index (χ3n) is 4.78. The van der Waals surface area contributed by atoms with Crippen LogP contribution in [-0.2, 0) is 6.42 Å². The number of likely N-dealkylation sites (N-methyl/N-ethyl adjacent to an activating group) is 2. The molecule has 1 fully saturated rings. The molecule has 1 aliphatic rings. The Bertz CT molecular complexity index is 481. The highest BCUT2D eigenvalue weighted by atomic mass is 79.9. The second-order valence-corrected chi connectivity index (χ2v) is 7.64. The molecule has 0 amide bonds. The fraction of sp³-hybridized carbons (Fsp3) is 0.647. The summed E-state index contributed by atoms with van der Waals surface area (Å²) >= 11 is 3.69. The molecule has 1 aromatic rings. The molecule has 0 bridgehead atoms. The van der Waals surface area contributed by atoms with Crippen molar-refractivity contribution in [3.63, 3.8) is 0 Å². The van der Waals surface area contributed by atoms with Crippen LogP contribution in [0.3, 0.4) is 0 Å². The van der Waals surface area contributed by atoms with Gasteiger partial charge in [0.1, 0.15) is 0 Å². The van der Waals surface area contributed by atoms with Crippen LogP contribution in [0.4, 0.5) is 5.69 Å². The third-order valence-corrected chi connectivity index (χ3v) is 5.52. The standard InChI is InChI=1S/C17H28BrN3/c1-13(19)10-14-6-7-15(11-16(14)18)21(4)12-17(20(2)3)8-5-9-17/h6-7,11,13H,5,8-10,12,19H2,1-4H3. The Morgan fingerprint density at radius 2 is 1.95 bits per heavy atom.